The summed E-state index contributed by atoms with van der Waals surface area (Å²) in [5, 5.41) is 3.42. The standard InChI is InChI=1S/C40H34N8/c1-3-10-25-18-20-33-35(22-25)47-39(45-33,37-41-29-14-5-6-15-30(29)42-37)27-12-9-13-28(24-27)40(38-43-31-16-7-8-17-32(31)44-38)46-34-21-19-26(11-4-2)23-36(34)48-40/h5-9,12-24H,3-4,10-11H2,1-2H3,(H,41,42)(H,43,44). The number of aromatic nitrogens is 4. The minimum Gasteiger partial charge on any atom is -0.338 e. The highest BCUT2D eigenvalue weighted by Gasteiger charge is 2.43. The van der Waals surface area contributed by atoms with Crippen LogP contribution in [0.4, 0.5) is 0 Å². The molecule has 2 atom stereocenters. The van der Waals surface area contributed by atoms with Crippen molar-refractivity contribution in [3.63, 3.8) is 0 Å². The molecule has 7 aromatic rings. The van der Waals surface area contributed by atoms with Gasteiger partial charge >= 0.3 is 0 Å². The van der Waals surface area contributed by atoms with Crippen molar-refractivity contribution < 1.29 is 0 Å². The van der Waals surface area contributed by atoms with E-state index >= 15 is 0 Å². The van der Waals surface area contributed by atoms with E-state index in [4.69, 9.17) is 29.9 Å². The van der Waals surface area contributed by atoms with Crippen molar-refractivity contribution in [2.45, 2.75) is 50.9 Å². The van der Waals surface area contributed by atoms with Crippen LogP contribution in [0.3, 0.4) is 0 Å². The molecule has 0 bridgehead atoms. The second-order valence-electron chi connectivity index (χ2n) is 12.7. The summed E-state index contributed by atoms with van der Waals surface area (Å²) in [6, 6.07) is 37.3. The summed E-state index contributed by atoms with van der Waals surface area (Å²) >= 11 is 0. The summed E-state index contributed by atoms with van der Waals surface area (Å²) in [7, 11) is 0. The van der Waals surface area contributed by atoms with E-state index in [1.807, 2.05) is 54.6 Å². The molecule has 2 aliphatic rings. The zero-order chi connectivity index (χ0) is 32.3. The van der Waals surface area contributed by atoms with Crippen LogP contribution in [-0.4, -0.2) is 19.9 Å². The monoisotopic (exact) mass is 626 g/mol. The second-order valence-corrected chi connectivity index (χ2v) is 12.7. The molecule has 0 amide bonds. The Kier molecular flexibility index (Phi) is 6.47. The third kappa shape index (κ3) is 4.43. The SMILES string of the molecule is CCCc1ccc2c(c1)=NC(c1cccc(C3(c4nc5ccccc5[nH]4)N=c4ccc(CCC)cc4=N3)c1)(c1nc3ccccc3[nH]1)N=2. The molecule has 0 saturated heterocycles. The number of fused-ring (bicyclic) bond motifs is 4. The van der Waals surface area contributed by atoms with Crippen LogP contribution in [0.15, 0.2) is 129 Å². The van der Waals surface area contributed by atoms with E-state index in [1.165, 1.54) is 11.1 Å². The average molecular weight is 627 g/mol. The first-order chi connectivity index (χ1) is 23.6. The Morgan fingerprint density at radius 3 is 1.40 bits per heavy atom. The van der Waals surface area contributed by atoms with Gasteiger partial charge in [0.25, 0.3) is 0 Å². The van der Waals surface area contributed by atoms with Crippen molar-refractivity contribution >= 4 is 22.1 Å². The molecule has 2 unspecified atom stereocenters. The quantitative estimate of drug-likeness (QED) is 0.227. The van der Waals surface area contributed by atoms with Crippen molar-refractivity contribution in [3.8, 4) is 0 Å². The first-order valence-electron chi connectivity index (χ1n) is 16.8. The number of aromatic amines is 2. The topological polar surface area (TPSA) is 107 Å². The molecule has 4 heterocycles. The van der Waals surface area contributed by atoms with Gasteiger partial charge in [0.1, 0.15) is 0 Å². The Morgan fingerprint density at radius 1 is 0.479 bits per heavy atom. The van der Waals surface area contributed by atoms with Crippen molar-refractivity contribution in [2.75, 3.05) is 0 Å². The van der Waals surface area contributed by atoms with E-state index in [1.54, 1.807) is 0 Å². The summed E-state index contributed by atoms with van der Waals surface area (Å²) in [5.74, 6) is 1.33. The van der Waals surface area contributed by atoms with E-state index < -0.39 is 11.3 Å². The van der Waals surface area contributed by atoms with Gasteiger partial charge in [0.05, 0.1) is 43.5 Å². The maximum atomic E-state index is 5.39. The minimum absolute atomic E-state index is 0.666. The van der Waals surface area contributed by atoms with Crippen LogP contribution in [0.25, 0.3) is 22.1 Å². The molecule has 0 saturated carbocycles. The predicted octanol–water partition coefficient (Wildman–Crippen LogP) is 5.65. The number of para-hydroxylation sites is 4. The fourth-order valence-corrected chi connectivity index (χ4v) is 7.07. The van der Waals surface area contributed by atoms with Gasteiger partial charge in [-0.2, -0.15) is 0 Å². The molecule has 2 aliphatic heterocycles. The molecular formula is C40H34N8. The van der Waals surface area contributed by atoms with E-state index in [0.29, 0.717) is 11.6 Å². The number of imidazole rings is 2. The number of nitrogens with zero attached hydrogens (tertiary/aromatic N) is 6. The number of hydrogen-bond acceptors (Lipinski definition) is 6. The van der Waals surface area contributed by atoms with Crippen LogP contribution in [-0.2, 0) is 24.2 Å². The third-order valence-electron chi connectivity index (χ3n) is 9.39. The van der Waals surface area contributed by atoms with Crippen LogP contribution in [0, 0.1) is 0 Å². The Hall–Kier alpha value is -5.76. The minimum atomic E-state index is -1.13. The van der Waals surface area contributed by atoms with Gasteiger partial charge in [0.2, 0.25) is 11.3 Å². The van der Waals surface area contributed by atoms with E-state index in [0.717, 1.165) is 80.3 Å². The summed E-state index contributed by atoms with van der Waals surface area (Å²) in [5.41, 5.74) is 5.60. The second kappa shape index (κ2) is 10.9. The number of H-pyrrole nitrogens is 2. The van der Waals surface area contributed by atoms with Gasteiger partial charge in [-0.1, -0.05) is 81.3 Å². The number of aryl methyl sites for hydroxylation is 2. The van der Waals surface area contributed by atoms with E-state index in [-0.39, 0.29) is 0 Å². The van der Waals surface area contributed by atoms with Gasteiger partial charge in [-0.15, -0.1) is 0 Å². The molecule has 5 aromatic carbocycles. The molecule has 0 spiro atoms. The molecule has 2 aromatic heterocycles. The molecule has 0 aliphatic carbocycles. The Labute approximate surface area is 276 Å². The number of nitrogens with one attached hydrogen (secondary N) is 2. The Morgan fingerprint density at radius 2 is 0.938 bits per heavy atom. The molecule has 9 rings (SSSR count). The van der Waals surface area contributed by atoms with Crippen molar-refractivity contribution in [1.29, 1.82) is 0 Å². The smallest absolute Gasteiger partial charge is 0.234 e. The Balaban J connectivity index is 1.29. The fourth-order valence-electron chi connectivity index (χ4n) is 7.07. The highest BCUT2D eigenvalue weighted by Crippen LogP contribution is 2.40. The van der Waals surface area contributed by atoms with Gasteiger partial charge in [-0.25, -0.2) is 29.9 Å². The predicted molar refractivity (Wildman–Crippen MR) is 186 cm³/mol. The normalized spacial score (nSPS) is 19.4. The van der Waals surface area contributed by atoms with Gasteiger partial charge in [-0.3, -0.25) is 0 Å². The highest BCUT2D eigenvalue weighted by atomic mass is 15.2. The average Bonchev–Trinajstić information content (AvgIpc) is 3.91. The van der Waals surface area contributed by atoms with Crippen LogP contribution in [0.1, 0.15) is 60.6 Å². The van der Waals surface area contributed by atoms with Gasteiger partial charge < -0.3 is 9.97 Å². The largest absolute Gasteiger partial charge is 0.338 e. The summed E-state index contributed by atoms with van der Waals surface area (Å²) in [6.07, 6.45) is 4.09. The lowest BCUT2D eigenvalue weighted by molar-refractivity contribution is 0.519. The number of benzene rings is 5. The molecule has 2 N–H and O–H groups in total. The van der Waals surface area contributed by atoms with Gasteiger partial charge in [0, 0.05) is 11.1 Å². The van der Waals surface area contributed by atoms with Crippen LogP contribution >= 0.6 is 0 Å². The first kappa shape index (κ1) is 28.5. The molecule has 0 radical (unpaired) electrons. The maximum Gasteiger partial charge on any atom is 0.234 e. The summed E-state index contributed by atoms with van der Waals surface area (Å²) < 4.78 is 0. The molecular weight excluding hydrogens is 592 g/mol. The van der Waals surface area contributed by atoms with E-state index in [9.17, 15) is 0 Å². The Bertz CT molecular complexity index is 2390. The molecule has 8 nitrogen and oxygen atoms in total. The van der Waals surface area contributed by atoms with E-state index in [2.05, 4.69) is 78.4 Å². The van der Waals surface area contributed by atoms with Crippen LogP contribution < -0.4 is 21.4 Å². The van der Waals surface area contributed by atoms with Gasteiger partial charge in [0.15, 0.2) is 11.6 Å². The van der Waals surface area contributed by atoms with Crippen LogP contribution in [0.2, 0.25) is 0 Å². The first-order valence-corrected chi connectivity index (χ1v) is 16.8. The zero-order valence-corrected chi connectivity index (χ0v) is 26.9. The van der Waals surface area contributed by atoms with Crippen molar-refractivity contribution in [1.82, 2.24) is 19.9 Å². The summed E-state index contributed by atoms with van der Waals surface area (Å²) in [6.45, 7) is 4.39. The molecule has 48 heavy (non-hydrogen) atoms. The maximum absolute atomic E-state index is 5.39. The lowest BCUT2D eigenvalue weighted by Gasteiger charge is -2.26. The van der Waals surface area contributed by atoms with Gasteiger partial charge in [-0.05, 0) is 78.6 Å². The van der Waals surface area contributed by atoms with Crippen LogP contribution in [0.5, 0.6) is 0 Å². The fraction of sp³-hybridized carbons (Fsp3) is 0.200. The van der Waals surface area contributed by atoms with Crippen molar-refractivity contribution in [3.05, 3.63) is 165 Å². The molecule has 0 fully saturated rings. The lowest BCUT2D eigenvalue weighted by Crippen LogP contribution is -2.27. The number of hydrogen-bond donors (Lipinski definition) is 2. The lowest BCUT2D eigenvalue weighted by atomic mass is 9.92. The third-order valence-corrected chi connectivity index (χ3v) is 9.39. The zero-order valence-electron chi connectivity index (χ0n) is 26.9. The number of rotatable bonds is 8. The van der Waals surface area contributed by atoms with Crippen molar-refractivity contribution in [2.24, 2.45) is 20.0 Å². The molecule has 8 heteroatoms. The molecule has 234 valence electrons. The summed E-state index contributed by atoms with van der Waals surface area (Å²) in [4.78, 5) is 38.7. The highest BCUT2D eigenvalue weighted by molar-refractivity contribution is 5.76.